The standard InChI is InChI=1S/C17H19N3O3/c1-12(21)20-11-13(10-17(20)22)18-15-4-3-5-16-14(15)6-7-19(16)8-9-23-2/h3-7,10,18H,8-9,11H2,1-2H3. The summed E-state index contributed by atoms with van der Waals surface area (Å²) < 4.78 is 7.25. The molecular weight excluding hydrogens is 294 g/mol. The topological polar surface area (TPSA) is 63.6 Å². The summed E-state index contributed by atoms with van der Waals surface area (Å²) in [6.07, 6.45) is 3.49. The smallest absolute Gasteiger partial charge is 0.255 e. The number of ether oxygens (including phenoxy) is 1. The van der Waals surface area contributed by atoms with Crippen LogP contribution >= 0.6 is 0 Å². The average Bonchev–Trinajstić information content (AvgIpc) is 3.09. The highest BCUT2D eigenvalue weighted by atomic mass is 16.5. The van der Waals surface area contributed by atoms with Crippen LogP contribution in [-0.2, 0) is 20.9 Å². The number of carbonyl (C=O) groups excluding carboxylic acids is 2. The van der Waals surface area contributed by atoms with Crippen LogP contribution in [-0.4, -0.2) is 41.5 Å². The first-order chi connectivity index (χ1) is 11.1. The Balaban J connectivity index is 1.84. The maximum Gasteiger partial charge on any atom is 0.255 e. The largest absolute Gasteiger partial charge is 0.383 e. The van der Waals surface area contributed by atoms with Crippen molar-refractivity contribution in [1.82, 2.24) is 9.47 Å². The van der Waals surface area contributed by atoms with E-state index < -0.39 is 0 Å². The van der Waals surface area contributed by atoms with Crippen molar-refractivity contribution in [2.24, 2.45) is 0 Å². The number of hydrogen-bond donors (Lipinski definition) is 1. The molecule has 6 heteroatoms. The normalized spacial score (nSPS) is 14.4. The van der Waals surface area contributed by atoms with E-state index >= 15 is 0 Å². The summed E-state index contributed by atoms with van der Waals surface area (Å²) in [6.45, 7) is 3.11. The molecule has 2 heterocycles. The lowest BCUT2D eigenvalue weighted by atomic mass is 10.2. The van der Waals surface area contributed by atoms with Crippen molar-refractivity contribution in [3.05, 3.63) is 42.2 Å². The second-order valence-corrected chi connectivity index (χ2v) is 5.48. The lowest BCUT2D eigenvalue weighted by Crippen LogP contribution is -2.31. The number of anilines is 1. The van der Waals surface area contributed by atoms with E-state index in [1.165, 1.54) is 17.9 Å². The number of methoxy groups -OCH3 is 1. The van der Waals surface area contributed by atoms with Crippen LogP contribution in [0.3, 0.4) is 0 Å². The number of imide groups is 1. The molecule has 2 aromatic rings. The highest BCUT2D eigenvalue weighted by Gasteiger charge is 2.24. The van der Waals surface area contributed by atoms with Crippen LogP contribution in [0.15, 0.2) is 42.2 Å². The fraction of sp³-hybridized carbons (Fsp3) is 0.294. The minimum atomic E-state index is -0.273. The van der Waals surface area contributed by atoms with Gasteiger partial charge < -0.3 is 14.6 Å². The number of aromatic nitrogens is 1. The Hall–Kier alpha value is -2.60. The molecule has 0 saturated carbocycles. The van der Waals surface area contributed by atoms with Gasteiger partial charge in [-0.05, 0) is 18.2 Å². The third kappa shape index (κ3) is 2.98. The van der Waals surface area contributed by atoms with Gasteiger partial charge in [-0.2, -0.15) is 0 Å². The lowest BCUT2D eigenvalue weighted by molar-refractivity contribution is -0.138. The Morgan fingerprint density at radius 1 is 1.35 bits per heavy atom. The van der Waals surface area contributed by atoms with Crippen molar-refractivity contribution >= 4 is 28.4 Å². The van der Waals surface area contributed by atoms with Crippen LogP contribution in [0.1, 0.15) is 6.92 Å². The van der Waals surface area contributed by atoms with Gasteiger partial charge >= 0.3 is 0 Å². The van der Waals surface area contributed by atoms with Gasteiger partial charge in [-0.15, -0.1) is 0 Å². The fourth-order valence-electron chi connectivity index (χ4n) is 2.75. The number of nitrogens with one attached hydrogen (secondary N) is 1. The summed E-state index contributed by atoms with van der Waals surface area (Å²) in [5.41, 5.74) is 2.74. The Bertz CT molecular complexity index is 791. The highest BCUT2D eigenvalue weighted by molar-refractivity contribution is 6.04. The van der Waals surface area contributed by atoms with Gasteiger partial charge in [0.1, 0.15) is 0 Å². The minimum Gasteiger partial charge on any atom is -0.383 e. The third-order valence-electron chi connectivity index (χ3n) is 3.92. The van der Waals surface area contributed by atoms with E-state index in [-0.39, 0.29) is 18.4 Å². The van der Waals surface area contributed by atoms with Gasteiger partial charge in [0.2, 0.25) is 5.91 Å². The Morgan fingerprint density at radius 3 is 2.87 bits per heavy atom. The highest BCUT2D eigenvalue weighted by Crippen LogP contribution is 2.26. The minimum absolute atomic E-state index is 0.244. The molecule has 0 aliphatic carbocycles. The molecule has 23 heavy (non-hydrogen) atoms. The first-order valence-corrected chi connectivity index (χ1v) is 7.46. The molecule has 0 fully saturated rings. The van der Waals surface area contributed by atoms with E-state index in [1.54, 1.807) is 7.11 Å². The zero-order valence-corrected chi connectivity index (χ0v) is 13.2. The van der Waals surface area contributed by atoms with Gasteiger partial charge in [0, 0.05) is 49.6 Å². The Morgan fingerprint density at radius 2 is 2.17 bits per heavy atom. The molecule has 0 spiro atoms. The van der Waals surface area contributed by atoms with Crippen molar-refractivity contribution in [1.29, 1.82) is 0 Å². The van der Waals surface area contributed by atoms with E-state index in [2.05, 4.69) is 9.88 Å². The number of carbonyl (C=O) groups is 2. The van der Waals surface area contributed by atoms with E-state index in [0.717, 1.165) is 28.8 Å². The molecule has 120 valence electrons. The summed E-state index contributed by atoms with van der Waals surface area (Å²) >= 11 is 0. The predicted molar refractivity (Wildman–Crippen MR) is 87.9 cm³/mol. The SMILES string of the molecule is COCCn1ccc2c(NC3=CC(=O)N(C(C)=O)C3)cccc21. The van der Waals surface area contributed by atoms with Crippen LogP contribution in [0.2, 0.25) is 0 Å². The molecule has 0 radical (unpaired) electrons. The van der Waals surface area contributed by atoms with E-state index in [9.17, 15) is 9.59 Å². The zero-order chi connectivity index (χ0) is 16.4. The molecule has 1 aliphatic heterocycles. The number of rotatable bonds is 5. The van der Waals surface area contributed by atoms with Gasteiger partial charge in [-0.1, -0.05) is 6.07 Å². The number of hydrogen-bond acceptors (Lipinski definition) is 4. The third-order valence-corrected chi connectivity index (χ3v) is 3.92. The fourth-order valence-corrected chi connectivity index (χ4v) is 2.75. The maximum atomic E-state index is 11.8. The molecule has 0 unspecified atom stereocenters. The molecule has 0 atom stereocenters. The molecule has 3 rings (SSSR count). The van der Waals surface area contributed by atoms with Gasteiger partial charge in [0.15, 0.2) is 0 Å². The summed E-state index contributed by atoms with van der Waals surface area (Å²) in [5, 5.41) is 4.34. The van der Waals surface area contributed by atoms with Gasteiger partial charge in [-0.3, -0.25) is 14.5 Å². The Labute approximate surface area is 134 Å². The van der Waals surface area contributed by atoms with E-state index in [1.807, 2.05) is 30.5 Å². The van der Waals surface area contributed by atoms with Crippen molar-refractivity contribution in [3.8, 4) is 0 Å². The summed E-state index contributed by atoms with van der Waals surface area (Å²) in [7, 11) is 1.68. The first-order valence-electron chi connectivity index (χ1n) is 7.46. The summed E-state index contributed by atoms with van der Waals surface area (Å²) in [6, 6.07) is 8.01. The summed E-state index contributed by atoms with van der Waals surface area (Å²) in [4.78, 5) is 24.4. The van der Waals surface area contributed by atoms with Crippen LogP contribution in [0.5, 0.6) is 0 Å². The number of fused-ring (bicyclic) bond motifs is 1. The number of nitrogens with zero attached hydrogens (tertiary/aromatic N) is 2. The quantitative estimate of drug-likeness (QED) is 0.917. The van der Waals surface area contributed by atoms with Gasteiger partial charge in [0.25, 0.3) is 5.91 Å². The molecule has 1 N–H and O–H groups in total. The molecule has 1 aliphatic rings. The maximum absolute atomic E-state index is 11.8. The molecule has 1 aromatic heterocycles. The summed E-state index contributed by atoms with van der Waals surface area (Å²) in [5.74, 6) is -0.517. The van der Waals surface area contributed by atoms with Crippen LogP contribution in [0.4, 0.5) is 5.69 Å². The van der Waals surface area contributed by atoms with E-state index in [0.29, 0.717) is 6.61 Å². The van der Waals surface area contributed by atoms with E-state index in [4.69, 9.17) is 4.74 Å². The van der Waals surface area contributed by atoms with Crippen LogP contribution in [0.25, 0.3) is 10.9 Å². The lowest BCUT2D eigenvalue weighted by Gasteiger charge is -2.13. The molecule has 0 saturated heterocycles. The molecule has 2 amide bonds. The zero-order valence-electron chi connectivity index (χ0n) is 13.2. The molecule has 6 nitrogen and oxygen atoms in total. The van der Waals surface area contributed by atoms with Gasteiger partial charge in [-0.25, -0.2) is 0 Å². The van der Waals surface area contributed by atoms with Crippen LogP contribution < -0.4 is 5.32 Å². The molecule has 0 bridgehead atoms. The average molecular weight is 313 g/mol. The predicted octanol–water partition coefficient (Wildman–Crippen LogP) is 1.97. The monoisotopic (exact) mass is 313 g/mol. The van der Waals surface area contributed by atoms with Crippen LogP contribution in [0, 0.1) is 0 Å². The van der Waals surface area contributed by atoms with Gasteiger partial charge in [0.05, 0.1) is 18.7 Å². The van der Waals surface area contributed by atoms with Crippen molar-refractivity contribution in [2.45, 2.75) is 13.5 Å². The van der Waals surface area contributed by atoms with Crippen molar-refractivity contribution in [3.63, 3.8) is 0 Å². The van der Waals surface area contributed by atoms with Crippen molar-refractivity contribution in [2.75, 3.05) is 25.6 Å². The first kappa shape index (κ1) is 15.3. The Kier molecular flexibility index (Phi) is 4.16. The second-order valence-electron chi connectivity index (χ2n) is 5.48. The molecular formula is C17H19N3O3. The van der Waals surface area contributed by atoms with Crippen molar-refractivity contribution < 1.29 is 14.3 Å². The molecule has 1 aromatic carbocycles. The number of amides is 2. The second kappa shape index (κ2) is 6.26. The number of benzene rings is 1.